The summed E-state index contributed by atoms with van der Waals surface area (Å²) in [5.74, 6) is -1.74. The van der Waals surface area contributed by atoms with Crippen molar-refractivity contribution in [3.8, 4) is 0 Å². The molecule has 1 aromatic rings. The van der Waals surface area contributed by atoms with Crippen LogP contribution in [0.25, 0.3) is 0 Å². The monoisotopic (exact) mass is 269 g/mol. The quantitative estimate of drug-likeness (QED) is 0.611. The van der Waals surface area contributed by atoms with Crippen LogP contribution in [-0.4, -0.2) is 18.2 Å². The lowest BCUT2D eigenvalue weighted by Gasteiger charge is -2.16. The molecule has 3 nitrogen and oxygen atoms in total. The van der Waals surface area contributed by atoms with E-state index in [1.54, 1.807) is 6.92 Å². The molecule has 19 heavy (non-hydrogen) atoms. The first kappa shape index (κ1) is 13.3. The van der Waals surface area contributed by atoms with Crippen molar-refractivity contribution < 1.29 is 22.8 Å². The molecule has 1 aliphatic rings. The van der Waals surface area contributed by atoms with Crippen molar-refractivity contribution in [1.82, 2.24) is 0 Å². The Hall–Kier alpha value is -2.11. The number of benzene rings is 1. The van der Waals surface area contributed by atoms with Crippen molar-refractivity contribution in [2.24, 2.45) is 0 Å². The van der Waals surface area contributed by atoms with Gasteiger partial charge in [-0.25, -0.2) is 0 Å². The molecule has 0 fully saturated rings. The molecular weight excluding hydrogens is 259 g/mol. The lowest BCUT2D eigenvalue weighted by atomic mass is 10.1. The molecule has 0 atom stereocenters. The lowest BCUT2D eigenvalue weighted by molar-refractivity contribution is -0.137. The Labute approximate surface area is 107 Å². The number of alkyl halides is 3. The average molecular weight is 269 g/mol. The van der Waals surface area contributed by atoms with E-state index in [9.17, 15) is 22.8 Å². The van der Waals surface area contributed by atoms with Gasteiger partial charge < -0.3 is 4.90 Å². The molecule has 6 heteroatoms. The molecule has 0 unspecified atom stereocenters. The molecule has 0 spiro atoms. The third-order valence-corrected chi connectivity index (χ3v) is 2.73. The van der Waals surface area contributed by atoms with Gasteiger partial charge in [-0.2, -0.15) is 13.2 Å². The summed E-state index contributed by atoms with van der Waals surface area (Å²) in [6.45, 7) is 5.40. The van der Waals surface area contributed by atoms with E-state index >= 15 is 0 Å². The van der Waals surface area contributed by atoms with Crippen LogP contribution < -0.4 is 4.90 Å². The van der Waals surface area contributed by atoms with E-state index in [2.05, 4.69) is 6.58 Å². The first-order valence-electron chi connectivity index (χ1n) is 5.43. The summed E-state index contributed by atoms with van der Waals surface area (Å²) in [4.78, 5) is 24.5. The molecule has 1 heterocycles. The maximum atomic E-state index is 12.6. The zero-order valence-electron chi connectivity index (χ0n) is 10.0. The van der Waals surface area contributed by atoms with E-state index in [4.69, 9.17) is 0 Å². The maximum Gasteiger partial charge on any atom is 0.416 e. The van der Waals surface area contributed by atoms with E-state index in [1.165, 1.54) is 0 Å². The number of amides is 1. The number of rotatable bonds is 2. The van der Waals surface area contributed by atoms with Crippen LogP contribution in [0.4, 0.5) is 18.9 Å². The molecule has 0 aliphatic carbocycles. The summed E-state index contributed by atoms with van der Waals surface area (Å²) >= 11 is 0. The highest BCUT2D eigenvalue weighted by Gasteiger charge is 2.39. The molecule has 100 valence electrons. The van der Waals surface area contributed by atoms with Crippen LogP contribution >= 0.6 is 0 Å². The second-order valence-corrected chi connectivity index (χ2v) is 4.41. The Bertz CT molecular complexity index is 590. The topological polar surface area (TPSA) is 37.4 Å². The second kappa shape index (κ2) is 4.22. The summed E-state index contributed by atoms with van der Waals surface area (Å²) in [5.41, 5.74) is -0.314. The zero-order chi connectivity index (χ0) is 14.4. The summed E-state index contributed by atoms with van der Waals surface area (Å²) in [6, 6.07) is 2.72. The Morgan fingerprint density at radius 1 is 1.32 bits per heavy atom. The number of anilines is 1. The van der Waals surface area contributed by atoms with Gasteiger partial charge >= 0.3 is 6.18 Å². The van der Waals surface area contributed by atoms with Gasteiger partial charge in [0.05, 0.1) is 16.8 Å². The first-order valence-corrected chi connectivity index (χ1v) is 5.43. The van der Waals surface area contributed by atoms with Crippen molar-refractivity contribution in [2.45, 2.75) is 13.1 Å². The summed E-state index contributed by atoms with van der Waals surface area (Å²) < 4.78 is 37.7. The normalized spacial score (nSPS) is 14.8. The number of Topliss-reactive ketones (excluding diaryl/α,β-unsaturated/α-hetero) is 1. The van der Waals surface area contributed by atoms with Crippen LogP contribution in [0.1, 0.15) is 22.8 Å². The van der Waals surface area contributed by atoms with Gasteiger partial charge in [-0.05, 0) is 25.1 Å². The zero-order valence-corrected chi connectivity index (χ0v) is 10.0. The molecule has 0 bridgehead atoms. The van der Waals surface area contributed by atoms with E-state index in [-0.39, 0.29) is 17.8 Å². The third kappa shape index (κ3) is 2.25. The Kier molecular flexibility index (Phi) is 2.96. The second-order valence-electron chi connectivity index (χ2n) is 4.41. The van der Waals surface area contributed by atoms with Gasteiger partial charge in [-0.3, -0.25) is 9.59 Å². The van der Waals surface area contributed by atoms with Crippen LogP contribution in [0.2, 0.25) is 0 Å². The van der Waals surface area contributed by atoms with E-state index in [1.807, 2.05) is 0 Å². The van der Waals surface area contributed by atoms with Gasteiger partial charge in [0.2, 0.25) is 0 Å². The number of halogens is 3. The summed E-state index contributed by atoms with van der Waals surface area (Å²) in [6.07, 6.45) is -4.54. The Morgan fingerprint density at radius 3 is 2.47 bits per heavy atom. The van der Waals surface area contributed by atoms with Gasteiger partial charge in [0.25, 0.3) is 11.7 Å². The minimum Gasteiger partial charge on any atom is -0.301 e. The average Bonchev–Trinajstić information content (AvgIpc) is 2.53. The van der Waals surface area contributed by atoms with Gasteiger partial charge in [0, 0.05) is 6.54 Å². The van der Waals surface area contributed by atoms with Crippen LogP contribution in [0.3, 0.4) is 0 Å². The SMILES string of the molecule is C=C(C)CN1C(=O)C(=O)c2cc(C(F)(F)F)ccc21. The van der Waals surface area contributed by atoms with Crippen molar-refractivity contribution in [2.75, 3.05) is 11.4 Å². The van der Waals surface area contributed by atoms with Gasteiger partial charge in [-0.1, -0.05) is 12.2 Å². The van der Waals surface area contributed by atoms with Crippen LogP contribution in [0, 0.1) is 0 Å². The molecule has 2 rings (SSSR count). The minimum atomic E-state index is -4.54. The molecule has 1 aromatic carbocycles. The smallest absolute Gasteiger partial charge is 0.301 e. The fourth-order valence-electron chi connectivity index (χ4n) is 1.90. The van der Waals surface area contributed by atoms with Crippen LogP contribution in [0.15, 0.2) is 30.4 Å². The minimum absolute atomic E-state index is 0.114. The van der Waals surface area contributed by atoms with Gasteiger partial charge in [0.1, 0.15) is 0 Å². The van der Waals surface area contributed by atoms with Crippen LogP contribution in [0.5, 0.6) is 0 Å². The molecule has 1 aliphatic heterocycles. The fourth-order valence-corrected chi connectivity index (χ4v) is 1.90. The molecular formula is C13H10F3NO2. The highest BCUT2D eigenvalue weighted by molar-refractivity contribution is 6.52. The van der Waals surface area contributed by atoms with Gasteiger partial charge in [0.15, 0.2) is 0 Å². The molecule has 0 radical (unpaired) electrons. The first-order chi connectivity index (χ1) is 8.71. The number of carbonyl (C=O) groups excluding carboxylic acids is 2. The number of hydrogen-bond donors (Lipinski definition) is 0. The fraction of sp³-hybridized carbons (Fsp3) is 0.231. The molecule has 0 saturated carbocycles. The van der Waals surface area contributed by atoms with Gasteiger partial charge in [-0.15, -0.1) is 0 Å². The van der Waals surface area contributed by atoms with Crippen LogP contribution in [-0.2, 0) is 11.0 Å². The Balaban J connectivity index is 2.50. The van der Waals surface area contributed by atoms with E-state index < -0.39 is 23.4 Å². The van der Waals surface area contributed by atoms with Crippen molar-refractivity contribution in [3.05, 3.63) is 41.5 Å². The number of ketones is 1. The summed E-state index contributed by atoms with van der Waals surface area (Å²) in [7, 11) is 0. The summed E-state index contributed by atoms with van der Waals surface area (Å²) in [5, 5.41) is 0. The maximum absolute atomic E-state index is 12.6. The van der Waals surface area contributed by atoms with E-state index in [0.29, 0.717) is 11.6 Å². The molecule has 0 aromatic heterocycles. The van der Waals surface area contributed by atoms with Crippen molar-refractivity contribution in [1.29, 1.82) is 0 Å². The number of hydrogen-bond acceptors (Lipinski definition) is 2. The standard InChI is InChI=1S/C13H10F3NO2/c1-7(2)6-17-10-4-3-8(13(14,15)16)5-9(10)11(18)12(17)19/h3-5H,1,6H2,2H3. The molecule has 0 saturated heterocycles. The predicted octanol–water partition coefficient (Wildman–Crippen LogP) is 2.81. The van der Waals surface area contributed by atoms with E-state index in [0.717, 1.165) is 17.0 Å². The molecule has 0 N–H and O–H groups in total. The van der Waals surface area contributed by atoms with Crippen molar-refractivity contribution in [3.63, 3.8) is 0 Å². The predicted molar refractivity (Wildman–Crippen MR) is 62.9 cm³/mol. The third-order valence-electron chi connectivity index (χ3n) is 2.73. The highest BCUT2D eigenvalue weighted by atomic mass is 19.4. The molecule has 1 amide bonds. The number of carbonyl (C=O) groups is 2. The number of nitrogens with zero attached hydrogens (tertiary/aromatic N) is 1. The number of fused-ring (bicyclic) bond motifs is 1. The lowest BCUT2D eigenvalue weighted by Crippen LogP contribution is -2.30. The van der Waals surface area contributed by atoms with Crippen molar-refractivity contribution >= 4 is 17.4 Å². The Morgan fingerprint density at radius 2 is 1.95 bits per heavy atom. The highest BCUT2D eigenvalue weighted by Crippen LogP contribution is 2.36. The largest absolute Gasteiger partial charge is 0.416 e.